The topological polar surface area (TPSA) is 93.1 Å². The van der Waals surface area contributed by atoms with Gasteiger partial charge in [0, 0.05) is 19.4 Å². The predicted octanol–water partition coefficient (Wildman–Crippen LogP) is 2.98. The quantitative estimate of drug-likeness (QED) is 0.739. The molecule has 0 fully saturated rings. The lowest BCUT2D eigenvalue weighted by atomic mass is 9.71. The maximum absolute atomic E-state index is 12.5. The van der Waals surface area contributed by atoms with E-state index in [1.807, 2.05) is 27.7 Å². The van der Waals surface area contributed by atoms with E-state index in [1.54, 1.807) is 13.0 Å². The fraction of sp³-hybridized carbons (Fsp3) is 0.579. The highest BCUT2D eigenvalue weighted by molar-refractivity contribution is 6.01. The first-order valence-corrected chi connectivity index (χ1v) is 8.52. The molecule has 0 saturated carbocycles. The Morgan fingerprint density at radius 2 is 1.96 bits per heavy atom. The summed E-state index contributed by atoms with van der Waals surface area (Å²) in [5.74, 6) is -1.82. The third-order valence-electron chi connectivity index (χ3n) is 4.32. The van der Waals surface area contributed by atoms with E-state index in [-0.39, 0.29) is 30.0 Å². The summed E-state index contributed by atoms with van der Waals surface area (Å²) in [5.41, 5.74) is 1.10. The van der Waals surface area contributed by atoms with Gasteiger partial charge in [0.2, 0.25) is 5.76 Å². The molecule has 6 nitrogen and oxygen atoms in total. The van der Waals surface area contributed by atoms with E-state index in [0.717, 1.165) is 5.57 Å². The van der Waals surface area contributed by atoms with Crippen molar-refractivity contribution in [3.63, 3.8) is 0 Å². The number of allylic oxidation sites excluding steroid dienone is 2. The summed E-state index contributed by atoms with van der Waals surface area (Å²) >= 11 is 0. The Morgan fingerprint density at radius 3 is 2.48 bits per heavy atom. The number of carbonyl (C=O) groups excluding carboxylic acids is 2. The first-order valence-electron chi connectivity index (χ1n) is 8.52. The molecule has 0 amide bonds. The summed E-state index contributed by atoms with van der Waals surface area (Å²) in [6, 6.07) is 0. The van der Waals surface area contributed by atoms with Crippen molar-refractivity contribution in [2.24, 2.45) is 5.41 Å². The molecule has 1 heterocycles. The zero-order chi connectivity index (χ0) is 19.4. The fourth-order valence-electron chi connectivity index (χ4n) is 3.16. The number of ether oxygens (including phenoxy) is 2. The van der Waals surface area contributed by atoms with Crippen LogP contribution in [-0.2, 0) is 19.1 Å². The summed E-state index contributed by atoms with van der Waals surface area (Å²) in [5, 5.41) is 18.9. The minimum Gasteiger partial charge on any atom is -0.499 e. The lowest BCUT2D eigenvalue weighted by Crippen LogP contribution is -2.38. The molecule has 0 aromatic carbocycles. The van der Waals surface area contributed by atoms with Crippen LogP contribution in [0.4, 0.5) is 0 Å². The Kier molecular flexibility index (Phi) is 6.99. The van der Waals surface area contributed by atoms with Crippen LogP contribution in [-0.4, -0.2) is 40.8 Å². The number of esters is 1. The molecule has 0 spiro atoms. The van der Waals surface area contributed by atoms with Gasteiger partial charge in [-0.05, 0) is 23.5 Å². The molecule has 2 rings (SSSR count). The Labute approximate surface area is 148 Å². The van der Waals surface area contributed by atoms with Gasteiger partial charge in [-0.15, -0.1) is 0 Å². The molecule has 0 saturated heterocycles. The second-order valence-corrected chi connectivity index (χ2v) is 6.42. The van der Waals surface area contributed by atoms with Gasteiger partial charge in [0.25, 0.3) is 0 Å². The molecule has 1 aliphatic carbocycles. The number of aliphatic hydroxyl groups is 2. The van der Waals surface area contributed by atoms with Crippen molar-refractivity contribution < 1.29 is 29.3 Å². The zero-order valence-electron chi connectivity index (χ0n) is 15.6. The summed E-state index contributed by atoms with van der Waals surface area (Å²) in [6.07, 6.45) is 0.482. The fourth-order valence-corrected chi connectivity index (χ4v) is 3.16. The third kappa shape index (κ3) is 4.12. The molecule has 2 aliphatic rings. The van der Waals surface area contributed by atoms with Crippen LogP contribution in [0.5, 0.6) is 0 Å². The van der Waals surface area contributed by atoms with E-state index in [4.69, 9.17) is 14.6 Å². The standard InChI is InChI=1S/C17H22O6.C2H6/c1-5-10-9(2)13(19)12(8-17(10,3)4)22-15-11(6-7-18)23-16(21)14(15)20;1-2/h5,11-12,18,20H,1,6-8H2,2-4H3;1-2H3. The molecule has 6 heteroatoms. The van der Waals surface area contributed by atoms with Gasteiger partial charge < -0.3 is 19.7 Å². The molecule has 1 aliphatic heterocycles. The first-order chi connectivity index (χ1) is 11.7. The van der Waals surface area contributed by atoms with Crippen molar-refractivity contribution in [2.45, 2.75) is 59.7 Å². The van der Waals surface area contributed by atoms with E-state index in [1.165, 1.54) is 0 Å². The molecule has 25 heavy (non-hydrogen) atoms. The van der Waals surface area contributed by atoms with Gasteiger partial charge in [-0.2, -0.15) is 0 Å². The summed E-state index contributed by atoms with van der Waals surface area (Å²) in [4.78, 5) is 24.0. The molecule has 0 aromatic heterocycles. The van der Waals surface area contributed by atoms with Crippen LogP contribution in [0, 0.1) is 5.41 Å². The number of aliphatic hydroxyl groups excluding tert-OH is 2. The van der Waals surface area contributed by atoms with Gasteiger partial charge in [0.1, 0.15) is 0 Å². The van der Waals surface area contributed by atoms with E-state index < -0.39 is 23.9 Å². The molecule has 140 valence electrons. The predicted molar refractivity (Wildman–Crippen MR) is 93.8 cm³/mol. The number of ketones is 1. The van der Waals surface area contributed by atoms with Crippen molar-refractivity contribution in [1.29, 1.82) is 0 Å². The smallest absolute Gasteiger partial charge is 0.377 e. The SMILES string of the molecule is C=CC1=C(C)C(=O)C(OC2=C(O)C(=O)OC2CCO)CC1(C)C.CC. The molecule has 0 bridgehead atoms. The van der Waals surface area contributed by atoms with Crippen LogP contribution in [0.25, 0.3) is 0 Å². The third-order valence-corrected chi connectivity index (χ3v) is 4.32. The number of carbonyl (C=O) groups is 2. The number of rotatable bonds is 5. The van der Waals surface area contributed by atoms with Gasteiger partial charge in [-0.25, -0.2) is 4.79 Å². The normalized spacial score (nSPS) is 25.4. The number of Topliss-reactive ketones (excluding diaryl/α,β-unsaturated/α-hetero) is 1. The van der Waals surface area contributed by atoms with E-state index in [0.29, 0.717) is 12.0 Å². The Morgan fingerprint density at radius 1 is 1.36 bits per heavy atom. The lowest BCUT2D eigenvalue weighted by Gasteiger charge is -2.37. The monoisotopic (exact) mass is 352 g/mol. The Hall–Kier alpha value is -2.08. The van der Waals surface area contributed by atoms with Crippen molar-refractivity contribution in [3.05, 3.63) is 35.3 Å². The average molecular weight is 352 g/mol. The Balaban J connectivity index is 0.00000151. The molecule has 2 unspecified atom stereocenters. The van der Waals surface area contributed by atoms with Crippen LogP contribution in [0.3, 0.4) is 0 Å². The van der Waals surface area contributed by atoms with Crippen molar-refractivity contribution in [3.8, 4) is 0 Å². The largest absolute Gasteiger partial charge is 0.499 e. The second-order valence-electron chi connectivity index (χ2n) is 6.42. The van der Waals surface area contributed by atoms with Crippen molar-refractivity contribution >= 4 is 11.8 Å². The van der Waals surface area contributed by atoms with E-state index in [2.05, 4.69) is 6.58 Å². The van der Waals surface area contributed by atoms with E-state index in [9.17, 15) is 14.7 Å². The first kappa shape index (κ1) is 21.0. The van der Waals surface area contributed by atoms with Crippen LogP contribution < -0.4 is 0 Å². The molecule has 0 aromatic rings. The average Bonchev–Trinajstić information content (AvgIpc) is 2.82. The number of hydrogen-bond donors (Lipinski definition) is 2. The maximum atomic E-state index is 12.5. The minimum atomic E-state index is -0.903. The lowest BCUT2D eigenvalue weighted by molar-refractivity contribution is -0.143. The molecule has 2 atom stereocenters. The van der Waals surface area contributed by atoms with Crippen LogP contribution in [0.1, 0.15) is 47.5 Å². The maximum Gasteiger partial charge on any atom is 0.377 e. The van der Waals surface area contributed by atoms with Gasteiger partial charge >= 0.3 is 5.97 Å². The molecule has 0 radical (unpaired) electrons. The highest BCUT2D eigenvalue weighted by atomic mass is 16.6. The van der Waals surface area contributed by atoms with Gasteiger partial charge in [0.05, 0.1) is 0 Å². The molecule has 2 N–H and O–H groups in total. The highest BCUT2D eigenvalue weighted by Crippen LogP contribution is 2.41. The minimum absolute atomic E-state index is 0.0759. The zero-order valence-corrected chi connectivity index (χ0v) is 15.6. The number of hydrogen-bond acceptors (Lipinski definition) is 6. The van der Waals surface area contributed by atoms with E-state index >= 15 is 0 Å². The summed E-state index contributed by atoms with van der Waals surface area (Å²) in [7, 11) is 0. The van der Waals surface area contributed by atoms with Gasteiger partial charge in [0.15, 0.2) is 23.8 Å². The van der Waals surface area contributed by atoms with Crippen molar-refractivity contribution in [1.82, 2.24) is 0 Å². The van der Waals surface area contributed by atoms with Crippen molar-refractivity contribution in [2.75, 3.05) is 6.61 Å². The second kappa shape index (κ2) is 8.34. The van der Waals surface area contributed by atoms with Gasteiger partial charge in [-0.1, -0.05) is 40.3 Å². The molecular formula is C19H28O6. The van der Waals surface area contributed by atoms with Gasteiger partial charge in [-0.3, -0.25) is 4.79 Å². The van der Waals surface area contributed by atoms with Crippen LogP contribution >= 0.6 is 0 Å². The summed E-state index contributed by atoms with van der Waals surface area (Å²) in [6.45, 7) is 13.2. The van der Waals surface area contributed by atoms with Crippen LogP contribution in [0.2, 0.25) is 0 Å². The highest BCUT2D eigenvalue weighted by Gasteiger charge is 2.43. The number of cyclic esters (lactones) is 1. The van der Waals surface area contributed by atoms with Crippen LogP contribution in [0.15, 0.2) is 35.3 Å². The Bertz CT molecular complexity index is 611. The molecular weight excluding hydrogens is 324 g/mol. The summed E-state index contributed by atoms with van der Waals surface area (Å²) < 4.78 is 10.6.